The van der Waals surface area contributed by atoms with Gasteiger partial charge in [0.25, 0.3) is 5.91 Å². The summed E-state index contributed by atoms with van der Waals surface area (Å²) in [5, 5.41) is 12.4. The predicted molar refractivity (Wildman–Crippen MR) is 93.5 cm³/mol. The van der Waals surface area contributed by atoms with E-state index in [1.54, 1.807) is 12.1 Å². The van der Waals surface area contributed by atoms with Gasteiger partial charge in [0, 0.05) is 5.02 Å². The number of carbonyl (C=O) groups is 2. The summed E-state index contributed by atoms with van der Waals surface area (Å²) in [6.07, 6.45) is 0. The molecule has 0 saturated carbocycles. The normalized spacial score (nSPS) is 10.3. The molecule has 0 aromatic heterocycles. The minimum Gasteiger partial charge on any atom is -0.484 e. The van der Waals surface area contributed by atoms with Gasteiger partial charge in [-0.3, -0.25) is 4.79 Å². The highest BCUT2D eigenvalue weighted by Crippen LogP contribution is 2.26. The molecule has 0 fully saturated rings. The maximum absolute atomic E-state index is 12.0. The number of rotatable bonds is 5. The van der Waals surface area contributed by atoms with E-state index in [2.05, 4.69) is 5.32 Å². The van der Waals surface area contributed by atoms with E-state index in [1.807, 2.05) is 13.8 Å². The molecule has 0 saturated heterocycles. The van der Waals surface area contributed by atoms with E-state index in [4.69, 9.17) is 33.0 Å². The molecule has 2 aromatic carbocycles. The highest BCUT2D eigenvalue weighted by molar-refractivity contribution is 6.34. The Labute approximate surface area is 149 Å². The first-order chi connectivity index (χ1) is 11.3. The Morgan fingerprint density at radius 2 is 1.75 bits per heavy atom. The molecule has 0 aliphatic carbocycles. The van der Waals surface area contributed by atoms with Gasteiger partial charge in [-0.15, -0.1) is 0 Å². The zero-order valence-electron chi connectivity index (χ0n) is 13.0. The lowest BCUT2D eigenvalue weighted by Crippen LogP contribution is -2.20. The van der Waals surface area contributed by atoms with Crippen molar-refractivity contribution in [1.29, 1.82) is 0 Å². The minimum atomic E-state index is -1.11. The van der Waals surface area contributed by atoms with Crippen LogP contribution in [0.15, 0.2) is 30.3 Å². The highest BCUT2D eigenvalue weighted by atomic mass is 35.5. The topological polar surface area (TPSA) is 75.6 Å². The number of benzene rings is 2. The van der Waals surface area contributed by atoms with Crippen molar-refractivity contribution in [2.75, 3.05) is 11.9 Å². The SMILES string of the molecule is Cc1cc(OCC(=O)Nc2cc(C(=O)O)ccc2Cl)cc(C)c1Cl. The number of carboxylic acids is 1. The zero-order chi connectivity index (χ0) is 17.9. The van der Waals surface area contributed by atoms with Crippen molar-refractivity contribution in [3.63, 3.8) is 0 Å². The van der Waals surface area contributed by atoms with Crippen LogP contribution in [0.4, 0.5) is 5.69 Å². The average Bonchev–Trinajstić information content (AvgIpc) is 2.52. The molecule has 1 amide bonds. The van der Waals surface area contributed by atoms with E-state index in [9.17, 15) is 9.59 Å². The summed E-state index contributed by atoms with van der Waals surface area (Å²) in [6, 6.07) is 7.53. The summed E-state index contributed by atoms with van der Waals surface area (Å²) in [5.41, 5.74) is 1.95. The van der Waals surface area contributed by atoms with Crippen LogP contribution in [0.5, 0.6) is 5.75 Å². The summed E-state index contributed by atoms with van der Waals surface area (Å²) in [4.78, 5) is 22.9. The van der Waals surface area contributed by atoms with Crippen molar-refractivity contribution in [2.45, 2.75) is 13.8 Å². The minimum absolute atomic E-state index is 0.0274. The van der Waals surface area contributed by atoms with Gasteiger partial charge >= 0.3 is 5.97 Å². The van der Waals surface area contributed by atoms with Gasteiger partial charge in [0.2, 0.25) is 0 Å². The third-order valence-electron chi connectivity index (χ3n) is 3.27. The third kappa shape index (κ3) is 4.40. The van der Waals surface area contributed by atoms with Crippen molar-refractivity contribution in [2.24, 2.45) is 0 Å². The van der Waals surface area contributed by atoms with Crippen molar-refractivity contribution < 1.29 is 19.4 Å². The van der Waals surface area contributed by atoms with Crippen molar-refractivity contribution >= 4 is 40.8 Å². The van der Waals surface area contributed by atoms with Crippen LogP contribution >= 0.6 is 23.2 Å². The van der Waals surface area contributed by atoms with Gasteiger partial charge in [-0.2, -0.15) is 0 Å². The van der Waals surface area contributed by atoms with Crippen molar-refractivity contribution in [1.82, 2.24) is 0 Å². The van der Waals surface area contributed by atoms with Gasteiger partial charge in [0.1, 0.15) is 5.75 Å². The zero-order valence-corrected chi connectivity index (χ0v) is 14.5. The van der Waals surface area contributed by atoms with E-state index in [0.29, 0.717) is 10.8 Å². The number of hydrogen-bond acceptors (Lipinski definition) is 3. The first-order valence-electron chi connectivity index (χ1n) is 7.00. The van der Waals surface area contributed by atoms with Crippen LogP contribution in [-0.2, 0) is 4.79 Å². The fourth-order valence-electron chi connectivity index (χ4n) is 2.08. The lowest BCUT2D eigenvalue weighted by molar-refractivity contribution is -0.118. The molecule has 24 heavy (non-hydrogen) atoms. The average molecular weight is 368 g/mol. The molecular formula is C17H15Cl2NO4. The summed E-state index contributed by atoms with van der Waals surface area (Å²) < 4.78 is 5.44. The lowest BCUT2D eigenvalue weighted by Gasteiger charge is -2.11. The van der Waals surface area contributed by atoms with E-state index in [1.165, 1.54) is 18.2 Å². The Morgan fingerprint density at radius 3 is 2.33 bits per heavy atom. The molecule has 0 bridgehead atoms. The summed E-state index contributed by atoms with van der Waals surface area (Å²) in [5.74, 6) is -1.04. The number of carboxylic acid groups (broad SMARTS) is 1. The number of aryl methyl sites for hydroxylation is 2. The Morgan fingerprint density at radius 1 is 1.12 bits per heavy atom. The number of amides is 1. The first-order valence-corrected chi connectivity index (χ1v) is 7.75. The molecule has 0 unspecified atom stereocenters. The maximum atomic E-state index is 12.0. The Bertz CT molecular complexity index is 782. The number of nitrogens with one attached hydrogen (secondary N) is 1. The van der Waals surface area contributed by atoms with Gasteiger partial charge in [0.15, 0.2) is 6.61 Å². The molecule has 0 aliphatic rings. The smallest absolute Gasteiger partial charge is 0.335 e. The molecule has 5 nitrogen and oxygen atoms in total. The second-order valence-electron chi connectivity index (χ2n) is 5.21. The van der Waals surface area contributed by atoms with Crippen LogP contribution in [0.1, 0.15) is 21.5 Å². The second kappa shape index (κ2) is 7.55. The van der Waals surface area contributed by atoms with Crippen LogP contribution in [0.25, 0.3) is 0 Å². The molecule has 2 rings (SSSR count). The number of halogens is 2. The van der Waals surface area contributed by atoms with Crippen LogP contribution in [0.2, 0.25) is 10.0 Å². The van der Waals surface area contributed by atoms with Crippen LogP contribution in [0, 0.1) is 13.8 Å². The number of anilines is 1. The quantitative estimate of drug-likeness (QED) is 0.824. The van der Waals surface area contributed by atoms with Gasteiger partial charge in [-0.25, -0.2) is 4.79 Å². The summed E-state index contributed by atoms with van der Waals surface area (Å²) >= 11 is 12.0. The summed E-state index contributed by atoms with van der Waals surface area (Å²) in [7, 11) is 0. The Balaban J connectivity index is 2.04. The second-order valence-corrected chi connectivity index (χ2v) is 5.99. The molecule has 0 atom stereocenters. The van der Waals surface area contributed by atoms with E-state index in [0.717, 1.165) is 11.1 Å². The fourth-order valence-corrected chi connectivity index (χ4v) is 2.35. The van der Waals surface area contributed by atoms with Gasteiger partial charge < -0.3 is 15.2 Å². The van der Waals surface area contributed by atoms with Crippen LogP contribution < -0.4 is 10.1 Å². The molecule has 126 valence electrons. The molecule has 7 heteroatoms. The predicted octanol–water partition coefficient (Wildman–Crippen LogP) is 4.33. The lowest BCUT2D eigenvalue weighted by atomic mass is 10.1. The molecule has 0 aliphatic heterocycles. The van der Waals surface area contributed by atoms with E-state index < -0.39 is 11.9 Å². The molecule has 2 N–H and O–H groups in total. The molecule has 0 radical (unpaired) electrons. The first kappa shape index (κ1) is 18.1. The molecular weight excluding hydrogens is 353 g/mol. The highest BCUT2D eigenvalue weighted by Gasteiger charge is 2.11. The fraction of sp³-hybridized carbons (Fsp3) is 0.176. The number of ether oxygens (including phenoxy) is 1. The van der Waals surface area contributed by atoms with Gasteiger partial charge in [-0.05, 0) is 55.3 Å². The van der Waals surface area contributed by atoms with E-state index in [-0.39, 0.29) is 22.9 Å². The monoisotopic (exact) mass is 367 g/mol. The van der Waals surface area contributed by atoms with Crippen molar-refractivity contribution in [3.8, 4) is 5.75 Å². The summed E-state index contributed by atoms with van der Waals surface area (Å²) in [6.45, 7) is 3.45. The molecule has 0 spiro atoms. The maximum Gasteiger partial charge on any atom is 0.335 e. The van der Waals surface area contributed by atoms with Gasteiger partial charge in [0.05, 0.1) is 16.3 Å². The number of aromatic carboxylic acids is 1. The van der Waals surface area contributed by atoms with Crippen LogP contribution in [-0.4, -0.2) is 23.6 Å². The Hall–Kier alpha value is -2.24. The van der Waals surface area contributed by atoms with Crippen LogP contribution in [0.3, 0.4) is 0 Å². The number of carbonyl (C=O) groups excluding carboxylic acids is 1. The van der Waals surface area contributed by atoms with Crippen molar-refractivity contribution in [3.05, 3.63) is 57.1 Å². The standard InChI is InChI=1S/C17H15Cl2NO4/c1-9-5-12(6-10(2)16(9)19)24-8-15(21)20-14-7-11(17(22)23)3-4-13(14)18/h3-7H,8H2,1-2H3,(H,20,21)(H,22,23). The van der Waals surface area contributed by atoms with Gasteiger partial charge in [-0.1, -0.05) is 23.2 Å². The molecule has 0 heterocycles. The van der Waals surface area contributed by atoms with E-state index >= 15 is 0 Å². The number of hydrogen-bond donors (Lipinski definition) is 2. The Kier molecular flexibility index (Phi) is 5.70. The third-order valence-corrected chi connectivity index (χ3v) is 4.19. The molecule has 2 aromatic rings. The largest absolute Gasteiger partial charge is 0.484 e.